The Morgan fingerprint density at radius 1 is 0.618 bits per heavy atom. The maximum absolute atomic E-state index is 5.13. The average molecular weight is 463 g/mol. The van der Waals surface area contributed by atoms with E-state index in [0.29, 0.717) is 0 Å². The van der Waals surface area contributed by atoms with Crippen molar-refractivity contribution in [2.45, 2.75) is 112 Å². The van der Waals surface area contributed by atoms with Gasteiger partial charge in [-0.05, 0) is 123 Å². The molecule has 0 spiro atoms. The Labute approximate surface area is 211 Å². The largest absolute Gasteiger partial charge is 0.472 e. The van der Waals surface area contributed by atoms with Crippen LogP contribution >= 0.6 is 0 Å². The van der Waals surface area contributed by atoms with Crippen molar-refractivity contribution in [3.63, 3.8) is 0 Å². The van der Waals surface area contributed by atoms with E-state index in [1.54, 1.807) is 6.26 Å². The van der Waals surface area contributed by atoms with Gasteiger partial charge in [-0.2, -0.15) is 0 Å². The van der Waals surface area contributed by atoms with Crippen molar-refractivity contribution in [1.82, 2.24) is 0 Å². The Hall–Kier alpha value is -2.28. The predicted octanol–water partition coefficient (Wildman–Crippen LogP) is 11.0. The second-order valence-electron chi connectivity index (χ2n) is 9.90. The Kier molecular flexibility index (Phi) is 16.7. The van der Waals surface area contributed by atoms with Crippen molar-refractivity contribution >= 4 is 0 Å². The highest BCUT2D eigenvalue weighted by Crippen LogP contribution is 2.16. The second-order valence-corrected chi connectivity index (χ2v) is 9.90. The highest BCUT2D eigenvalue weighted by molar-refractivity contribution is 5.10. The highest BCUT2D eigenvalue weighted by atomic mass is 16.3. The van der Waals surface area contributed by atoms with Gasteiger partial charge >= 0.3 is 0 Å². The predicted molar refractivity (Wildman–Crippen MR) is 152 cm³/mol. The van der Waals surface area contributed by atoms with E-state index in [1.807, 2.05) is 12.3 Å². The summed E-state index contributed by atoms with van der Waals surface area (Å²) in [5.74, 6) is 0. The van der Waals surface area contributed by atoms with E-state index < -0.39 is 0 Å². The molecule has 0 atom stereocenters. The molecule has 1 aromatic heterocycles. The van der Waals surface area contributed by atoms with Crippen LogP contribution in [-0.4, -0.2) is 0 Å². The van der Waals surface area contributed by atoms with E-state index in [9.17, 15) is 0 Å². The summed E-state index contributed by atoms with van der Waals surface area (Å²) in [6.45, 7) is 15.1. The number of hydrogen-bond donors (Lipinski definition) is 0. The fourth-order valence-electron chi connectivity index (χ4n) is 3.95. The summed E-state index contributed by atoms with van der Waals surface area (Å²) in [6.07, 6.45) is 31.4. The van der Waals surface area contributed by atoms with Crippen LogP contribution in [0.25, 0.3) is 0 Å². The lowest BCUT2D eigenvalue weighted by molar-refractivity contribution is 0.564. The fraction of sp³-hybridized carbons (Fsp3) is 0.515. The number of hydrogen-bond acceptors (Lipinski definition) is 1. The SMILES string of the molecule is C=CCC/C(C)=C/CC/C(C)=C/CC/C(C)=C/CC/C(C)=C/CC/C(C)=C/CCc1ccoc1. The maximum atomic E-state index is 5.13. The van der Waals surface area contributed by atoms with E-state index in [0.717, 1.165) is 57.8 Å². The first-order valence-electron chi connectivity index (χ1n) is 13.3. The first-order valence-corrected chi connectivity index (χ1v) is 13.3. The Bertz CT molecular complexity index is 824. The van der Waals surface area contributed by atoms with Crippen molar-refractivity contribution < 1.29 is 4.42 Å². The van der Waals surface area contributed by atoms with Gasteiger partial charge in [-0.1, -0.05) is 64.3 Å². The van der Waals surface area contributed by atoms with Gasteiger partial charge in [0, 0.05) is 0 Å². The maximum Gasteiger partial charge on any atom is 0.0934 e. The molecule has 0 saturated carbocycles. The molecule has 34 heavy (non-hydrogen) atoms. The van der Waals surface area contributed by atoms with Gasteiger partial charge in [0.05, 0.1) is 12.5 Å². The van der Waals surface area contributed by atoms with Crippen molar-refractivity contribution in [3.05, 3.63) is 95.1 Å². The van der Waals surface area contributed by atoms with Gasteiger partial charge in [0.25, 0.3) is 0 Å². The molecule has 0 N–H and O–H groups in total. The van der Waals surface area contributed by atoms with E-state index >= 15 is 0 Å². The number of rotatable bonds is 18. The molecule has 1 nitrogen and oxygen atoms in total. The smallest absolute Gasteiger partial charge is 0.0934 e. The van der Waals surface area contributed by atoms with Crippen LogP contribution in [-0.2, 0) is 6.42 Å². The van der Waals surface area contributed by atoms with Gasteiger partial charge in [0.2, 0.25) is 0 Å². The van der Waals surface area contributed by atoms with Gasteiger partial charge in [-0.15, -0.1) is 6.58 Å². The molecule has 1 aromatic rings. The van der Waals surface area contributed by atoms with Crippen molar-refractivity contribution in [2.24, 2.45) is 0 Å². The molecule has 0 bridgehead atoms. The third-order valence-electron chi connectivity index (χ3n) is 6.37. The minimum Gasteiger partial charge on any atom is -0.472 e. The van der Waals surface area contributed by atoms with Crippen LogP contribution in [0.4, 0.5) is 0 Å². The Balaban J connectivity index is 2.19. The number of furan rings is 1. The van der Waals surface area contributed by atoms with Crippen LogP contribution in [0.3, 0.4) is 0 Å². The lowest BCUT2D eigenvalue weighted by Gasteiger charge is -2.04. The van der Waals surface area contributed by atoms with Gasteiger partial charge in [-0.25, -0.2) is 0 Å². The normalized spacial score (nSPS) is 14.1. The Morgan fingerprint density at radius 3 is 1.35 bits per heavy atom. The van der Waals surface area contributed by atoms with Crippen molar-refractivity contribution in [2.75, 3.05) is 0 Å². The molecule has 1 rings (SSSR count). The summed E-state index contributed by atoms with van der Waals surface area (Å²) in [4.78, 5) is 0. The first-order chi connectivity index (χ1) is 16.4. The van der Waals surface area contributed by atoms with Crippen LogP contribution in [0.2, 0.25) is 0 Å². The lowest BCUT2D eigenvalue weighted by atomic mass is 10.0. The topological polar surface area (TPSA) is 13.1 Å². The second kappa shape index (κ2) is 19.1. The van der Waals surface area contributed by atoms with Crippen LogP contribution in [0, 0.1) is 0 Å². The van der Waals surface area contributed by atoms with Crippen LogP contribution in [0.1, 0.15) is 111 Å². The highest BCUT2D eigenvalue weighted by Gasteiger charge is 1.96. The molecule has 1 heteroatoms. The zero-order valence-corrected chi connectivity index (χ0v) is 22.8. The molecule has 0 aromatic carbocycles. The number of allylic oxidation sites excluding steroid dienone is 11. The van der Waals surface area contributed by atoms with E-state index in [1.165, 1.54) is 52.7 Å². The molecule has 0 aliphatic rings. The Morgan fingerprint density at radius 2 is 1.00 bits per heavy atom. The molecule has 1 heterocycles. The van der Waals surface area contributed by atoms with Gasteiger partial charge < -0.3 is 4.42 Å². The molecular formula is C33H50O. The van der Waals surface area contributed by atoms with E-state index in [-0.39, 0.29) is 0 Å². The minimum atomic E-state index is 1.07. The van der Waals surface area contributed by atoms with E-state index in [4.69, 9.17) is 4.42 Å². The fourth-order valence-corrected chi connectivity index (χ4v) is 3.95. The van der Waals surface area contributed by atoms with Gasteiger partial charge in [-0.3, -0.25) is 0 Å². The zero-order chi connectivity index (χ0) is 25.0. The van der Waals surface area contributed by atoms with Crippen LogP contribution in [0.5, 0.6) is 0 Å². The summed E-state index contributed by atoms with van der Waals surface area (Å²) in [5, 5.41) is 0. The molecular weight excluding hydrogens is 412 g/mol. The monoisotopic (exact) mass is 462 g/mol. The lowest BCUT2D eigenvalue weighted by Crippen LogP contribution is -1.84. The molecule has 188 valence electrons. The molecule has 0 amide bonds. The molecule has 0 unspecified atom stereocenters. The first kappa shape index (κ1) is 29.8. The summed E-state index contributed by atoms with van der Waals surface area (Å²) in [5.41, 5.74) is 8.82. The molecule has 0 aliphatic heterocycles. The van der Waals surface area contributed by atoms with Crippen molar-refractivity contribution in [1.29, 1.82) is 0 Å². The quantitative estimate of drug-likeness (QED) is 0.198. The average Bonchev–Trinajstić information content (AvgIpc) is 3.31. The molecule has 0 fully saturated rings. The van der Waals surface area contributed by atoms with Gasteiger partial charge in [0.15, 0.2) is 0 Å². The third kappa shape index (κ3) is 16.4. The molecule has 0 radical (unpaired) electrons. The summed E-state index contributed by atoms with van der Waals surface area (Å²) < 4.78 is 5.13. The van der Waals surface area contributed by atoms with Crippen LogP contribution in [0.15, 0.2) is 93.9 Å². The van der Waals surface area contributed by atoms with E-state index in [2.05, 4.69) is 77.6 Å². The standard InChI is InChI=1S/C33H50O/c1-7-8-14-28(2)15-9-16-29(3)17-10-18-30(4)19-11-20-31(5)21-12-22-32(6)23-13-24-33-25-26-34-27-33/h7,15,17,19,21,23,25-27H,1,8-14,16,18,20,22,24H2,2-6H3/b28-15+,29-17+,30-19+,31-21+,32-23+. The molecule has 0 aliphatic carbocycles. The van der Waals surface area contributed by atoms with Crippen molar-refractivity contribution in [3.8, 4) is 0 Å². The van der Waals surface area contributed by atoms with Crippen LogP contribution < -0.4 is 0 Å². The summed E-state index contributed by atoms with van der Waals surface area (Å²) in [6, 6.07) is 2.05. The summed E-state index contributed by atoms with van der Waals surface area (Å²) in [7, 11) is 0. The summed E-state index contributed by atoms with van der Waals surface area (Å²) >= 11 is 0. The zero-order valence-electron chi connectivity index (χ0n) is 22.8. The van der Waals surface area contributed by atoms with Gasteiger partial charge in [0.1, 0.15) is 0 Å². The molecule has 0 saturated heterocycles. The third-order valence-corrected chi connectivity index (χ3v) is 6.37. The minimum absolute atomic E-state index is 1.07. The number of aryl methyl sites for hydroxylation is 1.